The maximum Gasteiger partial charge on any atom is 0.153 e. The monoisotopic (exact) mass is 252 g/mol. The Labute approximate surface area is 106 Å². The van der Waals surface area contributed by atoms with Crippen LogP contribution in [-0.2, 0) is 15.6 Å². The molecule has 3 heteroatoms. The number of rotatable bonds is 3. The van der Waals surface area contributed by atoms with Crippen molar-refractivity contribution in [2.75, 3.05) is 0 Å². The average molecular weight is 252 g/mol. The molecule has 0 bridgehead atoms. The van der Waals surface area contributed by atoms with Gasteiger partial charge in [0.2, 0.25) is 0 Å². The summed E-state index contributed by atoms with van der Waals surface area (Å²) in [4.78, 5) is 12.8. The number of aryl methyl sites for hydroxylation is 1. The number of hydrogen-bond donors (Lipinski definition) is 0. The van der Waals surface area contributed by atoms with Crippen molar-refractivity contribution in [1.82, 2.24) is 0 Å². The Bertz CT molecular complexity index is 427. The smallest absolute Gasteiger partial charge is 0.153 e. The number of carbonyl (C=O) groups is 1. The minimum Gasteiger partial charge on any atom is -0.298 e. The predicted octanol–water partition coefficient (Wildman–Crippen LogP) is 3.11. The molecule has 0 saturated carbocycles. The van der Waals surface area contributed by atoms with Crippen LogP contribution >= 0.6 is 0 Å². The second-order valence-electron chi connectivity index (χ2n) is 5.37. The lowest BCUT2D eigenvalue weighted by Gasteiger charge is -2.21. The van der Waals surface area contributed by atoms with Gasteiger partial charge in [0.15, 0.2) is 5.78 Å². The largest absolute Gasteiger partial charge is 0.298 e. The predicted molar refractivity (Wildman–Crippen MR) is 71.5 cm³/mol. The van der Waals surface area contributed by atoms with Crippen molar-refractivity contribution in [2.24, 2.45) is 5.41 Å². The molecule has 94 valence electrons. The van der Waals surface area contributed by atoms with Crippen molar-refractivity contribution in [1.29, 1.82) is 0 Å². The zero-order chi connectivity index (χ0) is 13.2. The third-order valence-corrected chi connectivity index (χ3v) is 4.28. The summed E-state index contributed by atoms with van der Waals surface area (Å²) < 4.78 is 12.2. The Morgan fingerprint density at radius 3 is 2.06 bits per heavy atom. The van der Waals surface area contributed by atoms with Gasteiger partial charge in [-0.05, 0) is 26.0 Å². The molecule has 0 N–H and O–H groups in total. The summed E-state index contributed by atoms with van der Waals surface area (Å²) in [6, 6.07) is 7.50. The molecule has 0 spiro atoms. The van der Waals surface area contributed by atoms with E-state index in [0.717, 1.165) is 10.5 Å². The van der Waals surface area contributed by atoms with Gasteiger partial charge in [0.05, 0.1) is 16.0 Å². The van der Waals surface area contributed by atoms with Crippen LogP contribution in [0.5, 0.6) is 0 Å². The molecule has 0 radical (unpaired) electrons. The van der Waals surface area contributed by atoms with E-state index in [9.17, 15) is 9.00 Å². The van der Waals surface area contributed by atoms with E-state index in [1.54, 1.807) is 6.92 Å². The molecule has 0 aliphatic rings. The van der Waals surface area contributed by atoms with Crippen LogP contribution in [0.25, 0.3) is 0 Å². The van der Waals surface area contributed by atoms with Crippen LogP contribution in [0.2, 0.25) is 0 Å². The SMILES string of the molecule is Cc1ccc(S(=O)[C@H](C)C(=O)C(C)(C)C)cc1. The Balaban J connectivity index is 2.91. The third-order valence-electron chi connectivity index (χ3n) is 2.68. The highest BCUT2D eigenvalue weighted by molar-refractivity contribution is 7.86. The molecule has 1 rings (SSSR count). The van der Waals surface area contributed by atoms with E-state index >= 15 is 0 Å². The second kappa shape index (κ2) is 5.13. The standard InChI is InChI=1S/C14H20O2S/c1-10-6-8-12(9-7-10)17(16)11(2)13(15)14(3,4)5/h6-9,11H,1-5H3/t11-,17?/m1/s1. The van der Waals surface area contributed by atoms with Gasteiger partial charge in [-0.3, -0.25) is 9.00 Å². The molecular weight excluding hydrogens is 232 g/mol. The van der Waals surface area contributed by atoms with Crippen LogP contribution in [0.3, 0.4) is 0 Å². The lowest BCUT2D eigenvalue weighted by atomic mass is 9.89. The molecular formula is C14H20O2S. The van der Waals surface area contributed by atoms with Gasteiger partial charge in [-0.25, -0.2) is 0 Å². The van der Waals surface area contributed by atoms with Crippen LogP contribution in [0.15, 0.2) is 29.2 Å². The third kappa shape index (κ3) is 3.50. The maximum absolute atomic E-state index is 12.2. The minimum atomic E-state index is -1.26. The highest BCUT2D eigenvalue weighted by Crippen LogP contribution is 2.22. The molecule has 0 aromatic heterocycles. The molecule has 17 heavy (non-hydrogen) atoms. The molecule has 2 nitrogen and oxygen atoms in total. The Hall–Kier alpha value is -0.960. The summed E-state index contributed by atoms with van der Waals surface area (Å²) in [5.41, 5.74) is 0.681. The van der Waals surface area contributed by atoms with Gasteiger partial charge in [0.25, 0.3) is 0 Å². The second-order valence-corrected chi connectivity index (χ2v) is 7.14. The Morgan fingerprint density at radius 1 is 1.18 bits per heavy atom. The van der Waals surface area contributed by atoms with Gasteiger partial charge in [0.1, 0.15) is 0 Å². The van der Waals surface area contributed by atoms with Gasteiger partial charge in [-0.1, -0.05) is 38.5 Å². The summed E-state index contributed by atoms with van der Waals surface area (Å²) in [5, 5.41) is -0.460. The number of carbonyl (C=O) groups excluding carboxylic acids is 1. The summed E-state index contributed by atoms with van der Waals surface area (Å²) in [5.74, 6) is 0.0383. The van der Waals surface area contributed by atoms with E-state index in [0.29, 0.717) is 0 Å². The van der Waals surface area contributed by atoms with Crippen molar-refractivity contribution in [3.63, 3.8) is 0 Å². The topological polar surface area (TPSA) is 34.1 Å². The Morgan fingerprint density at radius 2 is 1.65 bits per heavy atom. The zero-order valence-electron chi connectivity index (χ0n) is 11.1. The molecule has 0 heterocycles. The highest BCUT2D eigenvalue weighted by Gasteiger charge is 2.30. The average Bonchev–Trinajstić information content (AvgIpc) is 2.26. The molecule has 1 aromatic carbocycles. The van der Waals surface area contributed by atoms with Crippen LogP contribution in [0.4, 0.5) is 0 Å². The van der Waals surface area contributed by atoms with E-state index in [-0.39, 0.29) is 5.78 Å². The summed E-state index contributed by atoms with van der Waals surface area (Å²) in [7, 11) is -1.26. The zero-order valence-corrected chi connectivity index (χ0v) is 11.9. The summed E-state index contributed by atoms with van der Waals surface area (Å²) in [6.45, 7) is 9.30. The van der Waals surface area contributed by atoms with Gasteiger partial charge in [-0.15, -0.1) is 0 Å². The normalized spacial score (nSPS) is 15.4. The van der Waals surface area contributed by atoms with Crippen LogP contribution in [0, 0.1) is 12.3 Å². The first-order valence-electron chi connectivity index (χ1n) is 5.75. The quantitative estimate of drug-likeness (QED) is 0.828. The van der Waals surface area contributed by atoms with E-state index in [1.165, 1.54) is 0 Å². The molecule has 1 unspecified atom stereocenters. The number of benzene rings is 1. The highest BCUT2D eigenvalue weighted by atomic mass is 32.2. The molecule has 0 amide bonds. The van der Waals surface area contributed by atoms with Crippen molar-refractivity contribution in [3.05, 3.63) is 29.8 Å². The van der Waals surface area contributed by atoms with E-state index < -0.39 is 21.5 Å². The van der Waals surface area contributed by atoms with Gasteiger partial charge in [-0.2, -0.15) is 0 Å². The van der Waals surface area contributed by atoms with Crippen LogP contribution in [0.1, 0.15) is 33.3 Å². The van der Waals surface area contributed by atoms with Crippen molar-refractivity contribution in [2.45, 2.75) is 44.8 Å². The Kier molecular flexibility index (Phi) is 4.26. The van der Waals surface area contributed by atoms with Crippen molar-refractivity contribution in [3.8, 4) is 0 Å². The number of hydrogen-bond acceptors (Lipinski definition) is 2. The van der Waals surface area contributed by atoms with E-state index in [2.05, 4.69) is 0 Å². The molecule has 2 atom stereocenters. The first-order chi connectivity index (χ1) is 7.73. The molecule has 0 fully saturated rings. The van der Waals surface area contributed by atoms with E-state index in [4.69, 9.17) is 0 Å². The van der Waals surface area contributed by atoms with Gasteiger partial charge in [0, 0.05) is 10.3 Å². The van der Waals surface area contributed by atoms with Crippen molar-refractivity contribution < 1.29 is 9.00 Å². The summed E-state index contributed by atoms with van der Waals surface area (Å²) in [6.07, 6.45) is 0. The number of ketones is 1. The molecule has 0 aliphatic heterocycles. The molecule has 0 aliphatic carbocycles. The molecule has 0 saturated heterocycles. The lowest BCUT2D eigenvalue weighted by Crippen LogP contribution is -2.33. The van der Waals surface area contributed by atoms with Crippen LogP contribution in [-0.4, -0.2) is 15.2 Å². The first kappa shape index (κ1) is 14.1. The first-order valence-corrected chi connectivity index (χ1v) is 6.96. The molecule has 1 aromatic rings. The fraction of sp³-hybridized carbons (Fsp3) is 0.500. The van der Waals surface area contributed by atoms with Gasteiger partial charge >= 0.3 is 0 Å². The fourth-order valence-electron chi connectivity index (χ4n) is 1.58. The van der Waals surface area contributed by atoms with Crippen molar-refractivity contribution >= 4 is 16.6 Å². The number of Topliss-reactive ketones (excluding diaryl/α,β-unsaturated/α-hetero) is 1. The fourth-order valence-corrected chi connectivity index (χ4v) is 2.94. The van der Waals surface area contributed by atoms with Crippen LogP contribution < -0.4 is 0 Å². The maximum atomic E-state index is 12.2. The van der Waals surface area contributed by atoms with E-state index in [1.807, 2.05) is 52.0 Å². The van der Waals surface area contributed by atoms with Gasteiger partial charge < -0.3 is 0 Å². The minimum absolute atomic E-state index is 0.0383. The lowest BCUT2D eigenvalue weighted by molar-refractivity contribution is -0.125. The summed E-state index contributed by atoms with van der Waals surface area (Å²) >= 11 is 0.